The number of nitrogens with one attached hydrogen (secondary N) is 2. The van der Waals surface area contributed by atoms with Gasteiger partial charge in [0.2, 0.25) is 11.8 Å². The Bertz CT molecular complexity index is 1320. The number of carbonyl (C=O) groups excluding carboxylic acids is 2. The highest BCUT2D eigenvalue weighted by Gasteiger charge is 2.29. The van der Waals surface area contributed by atoms with Crippen LogP contribution in [0.5, 0.6) is 11.5 Å². The predicted molar refractivity (Wildman–Crippen MR) is 220 cm³/mol. The van der Waals surface area contributed by atoms with E-state index in [1.807, 2.05) is 0 Å². The standard InChI is InChI=1S/C46H76N2O4/c1-15-35(51-39-25-23-33(43(7,8)17-3)29-37(39)45(11,12)19-5)31-41(49)47-27-21-22-28-48-42(50)32-36(16-2)52-40-26-24-34(44(9,10)18-4)30-38(40)46(13,14)20-6/h23-26,29-30,35-36H,15-22,27-28,31-32H2,1-14H3,(H,47,49)(H,48,50). The molecule has 0 aromatic heterocycles. The summed E-state index contributed by atoms with van der Waals surface area (Å²) in [6.45, 7) is 32.4. The third kappa shape index (κ3) is 12.8. The van der Waals surface area contributed by atoms with E-state index in [2.05, 4.69) is 144 Å². The lowest BCUT2D eigenvalue weighted by Crippen LogP contribution is -2.32. The van der Waals surface area contributed by atoms with E-state index in [-0.39, 0.29) is 45.7 Å². The molecule has 0 saturated carbocycles. The molecule has 6 heteroatoms. The molecule has 0 heterocycles. The minimum absolute atomic E-state index is 0.00392. The number of rotatable bonds is 23. The minimum Gasteiger partial charge on any atom is -0.490 e. The number of hydrogen-bond acceptors (Lipinski definition) is 4. The van der Waals surface area contributed by atoms with Gasteiger partial charge in [-0.1, -0.05) is 121 Å². The molecule has 0 radical (unpaired) electrons. The molecule has 6 nitrogen and oxygen atoms in total. The molecule has 0 aliphatic rings. The molecule has 0 spiro atoms. The molecule has 0 aliphatic carbocycles. The molecular weight excluding hydrogens is 645 g/mol. The van der Waals surface area contributed by atoms with Gasteiger partial charge in [0.1, 0.15) is 23.7 Å². The van der Waals surface area contributed by atoms with E-state index < -0.39 is 0 Å². The highest BCUT2D eigenvalue weighted by atomic mass is 16.5. The van der Waals surface area contributed by atoms with Gasteiger partial charge < -0.3 is 20.1 Å². The van der Waals surface area contributed by atoms with Crippen molar-refractivity contribution in [1.82, 2.24) is 10.6 Å². The van der Waals surface area contributed by atoms with Crippen molar-refractivity contribution in [1.29, 1.82) is 0 Å². The summed E-state index contributed by atoms with van der Waals surface area (Å²) in [5.41, 5.74) is 5.16. The van der Waals surface area contributed by atoms with Crippen LogP contribution >= 0.6 is 0 Å². The molecule has 2 atom stereocenters. The van der Waals surface area contributed by atoms with Crippen molar-refractivity contribution in [3.63, 3.8) is 0 Å². The first-order valence-corrected chi connectivity index (χ1v) is 20.5. The molecule has 0 aliphatic heterocycles. The fraction of sp³-hybridized carbons (Fsp3) is 0.696. The molecule has 0 bridgehead atoms. The number of unbranched alkanes of at least 4 members (excludes halogenated alkanes) is 1. The Morgan fingerprint density at radius 3 is 1.15 bits per heavy atom. The van der Waals surface area contributed by atoms with E-state index in [0.29, 0.717) is 25.9 Å². The molecular formula is C46H76N2O4. The molecule has 294 valence electrons. The van der Waals surface area contributed by atoms with Crippen molar-refractivity contribution in [2.45, 2.75) is 195 Å². The smallest absolute Gasteiger partial charge is 0.223 e. The van der Waals surface area contributed by atoms with Crippen molar-refractivity contribution in [2.24, 2.45) is 0 Å². The maximum Gasteiger partial charge on any atom is 0.223 e. The Labute approximate surface area is 319 Å². The lowest BCUT2D eigenvalue weighted by molar-refractivity contribution is -0.123. The van der Waals surface area contributed by atoms with Crippen LogP contribution in [0.3, 0.4) is 0 Å². The number of ether oxygens (including phenoxy) is 2. The first-order chi connectivity index (χ1) is 24.3. The summed E-state index contributed by atoms with van der Waals surface area (Å²) < 4.78 is 13.1. The van der Waals surface area contributed by atoms with Crippen LogP contribution in [0.4, 0.5) is 0 Å². The molecule has 2 N–H and O–H groups in total. The molecule has 2 rings (SSSR count). The Hall–Kier alpha value is -3.02. The first-order valence-electron chi connectivity index (χ1n) is 20.5. The topological polar surface area (TPSA) is 76.7 Å². The van der Waals surface area contributed by atoms with Gasteiger partial charge in [0.25, 0.3) is 0 Å². The largest absolute Gasteiger partial charge is 0.490 e. The zero-order valence-electron chi connectivity index (χ0n) is 35.7. The van der Waals surface area contributed by atoms with Crippen LogP contribution in [0.2, 0.25) is 0 Å². The van der Waals surface area contributed by atoms with Gasteiger partial charge in [-0.15, -0.1) is 0 Å². The molecule has 0 saturated heterocycles. The monoisotopic (exact) mass is 721 g/mol. The van der Waals surface area contributed by atoms with Gasteiger partial charge >= 0.3 is 0 Å². The van der Waals surface area contributed by atoms with Crippen LogP contribution in [0, 0.1) is 0 Å². The van der Waals surface area contributed by atoms with E-state index in [1.165, 1.54) is 22.3 Å². The summed E-state index contributed by atoms with van der Waals surface area (Å²) in [5, 5.41) is 6.14. The fourth-order valence-electron chi connectivity index (χ4n) is 6.12. The van der Waals surface area contributed by atoms with Gasteiger partial charge in [0, 0.05) is 24.2 Å². The van der Waals surface area contributed by atoms with Crippen LogP contribution in [-0.2, 0) is 31.2 Å². The molecule has 52 heavy (non-hydrogen) atoms. The van der Waals surface area contributed by atoms with Gasteiger partial charge in [-0.25, -0.2) is 0 Å². The van der Waals surface area contributed by atoms with Crippen LogP contribution in [0.15, 0.2) is 36.4 Å². The zero-order valence-corrected chi connectivity index (χ0v) is 35.7. The molecule has 2 aromatic carbocycles. The highest BCUT2D eigenvalue weighted by Crippen LogP contribution is 2.40. The third-order valence-corrected chi connectivity index (χ3v) is 12.1. The average Bonchev–Trinajstić information content (AvgIpc) is 3.12. The summed E-state index contributed by atoms with van der Waals surface area (Å²) in [4.78, 5) is 25.8. The van der Waals surface area contributed by atoms with Gasteiger partial charge in [0.05, 0.1) is 12.8 Å². The summed E-state index contributed by atoms with van der Waals surface area (Å²) in [5.74, 6) is 1.76. The van der Waals surface area contributed by atoms with Crippen molar-refractivity contribution < 1.29 is 19.1 Å². The van der Waals surface area contributed by atoms with E-state index in [9.17, 15) is 9.59 Å². The summed E-state index contributed by atoms with van der Waals surface area (Å²) >= 11 is 0. The maximum atomic E-state index is 12.9. The second-order valence-corrected chi connectivity index (χ2v) is 17.5. The van der Waals surface area contributed by atoms with Crippen molar-refractivity contribution in [2.75, 3.05) is 13.1 Å². The Morgan fingerprint density at radius 2 is 0.865 bits per heavy atom. The SMILES string of the molecule is CCC(CC(=O)NCCCCNC(=O)CC(CC)Oc1ccc(C(C)(C)CC)cc1C(C)(C)CC)Oc1ccc(C(C)(C)CC)cc1C(C)(C)CC. The second-order valence-electron chi connectivity index (χ2n) is 17.5. The third-order valence-electron chi connectivity index (χ3n) is 12.1. The maximum absolute atomic E-state index is 12.9. The van der Waals surface area contributed by atoms with E-state index in [4.69, 9.17) is 9.47 Å². The lowest BCUT2D eigenvalue weighted by atomic mass is 9.76. The van der Waals surface area contributed by atoms with Crippen molar-refractivity contribution in [3.8, 4) is 11.5 Å². The van der Waals surface area contributed by atoms with Gasteiger partial charge in [-0.2, -0.15) is 0 Å². The number of amides is 2. The Morgan fingerprint density at radius 1 is 0.538 bits per heavy atom. The number of benzene rings is 2. The normalized spacial score (nSPS) is 13.7. The second kappa shape index (κ2) is 19.9. The predicted octanol–water partition coefficient (Wildman–Crippen LogP) is 11.2. The van der Waals surface area contributed by atoms with Crippen molar-refractivity contribution in [3.05, 3.63) is 58.7 Å². The quantitative estimate of drug-likeness (QED) is 0.112. The fourth-order valence-corrected chi connectivity index (χ4v) is 6.12. The van der Waals surface area contributed by atoms with Crippen molar-refractivity contribution >= 4 is 11.8 Å². The number of carbonyl (C=O) groups is 2. The summed E-state index contributed by atoms with van der Waals surface area (Å²) in [6, 6.07) is 13.2. The zero-order chi connectivity index (χ0) is 39.3. The highest BCUT2D eigenvalue weighted by molar-refractivity contribution is 5.77. The van der Waals surface area contributed by atoms with E-state index in [1.54, 1.807) is 0 Å². The molecule has 0 fully saturated rings. The van der Waals surface area contributed by atoms with E-state index in [0.717, 1.165) is 62.9 Å². The average molecular weight is 721 g/mol. The van der Waals surface area contributed by atoms with Gasteiger partial charge in [0.15, 0.2) is 0 Å². The Kier molecular flexibility index (Phi) is 17.3. The van der Waals surface area contributed by atoms with Crippen LogP contribution < -0.4 is 20.1 Å². The lowest BCUT2D eigenvalue weighted by Gasteiger charge is -2.31. The number of hydrogen-bond donors (Lipinski definition) is 2. The summed E-state index contributed by atoms with van der Waals surface area (Å²) in [7, 11) is 0. The molecule has 2 amide bonds. The van der Waals surface area contributed by atoms with Crippen LogP contribution in [0.1, 0.15) is 183 Å². The minimum atomic E-state index is -0.199. The molecule has 2 unspecified atom stereocenters. The van der Waals surface area contributed by atoms with Gasteiger partial charge in [-0.3, -0.25) is 9.59 Å². The van der Waals surface area contributed by atoms with Crippen LogP contribution in [-0.4, -0.2) is 37.1 Å². The summed E-state index contributed by atoms with van der Waals surface area (Å²) in [6.07, 6.45) is 7.41. The van der Waals surface area contributed by atoms with E-state index >= 15 is 0 Å². The molecule has 2 aromatic rings. The van der Waals surface area contributed by atoms with Gasteiger partial charge in [-0.05, 0) is 96.3 Å². The van der Waals surface area contributed by atoms with Crippen LogP contribution in [0.25, 0.3) is 0 Å². The Balaban J connectivity index is 1.88. The first kappa shape index (κ1) is 45.1.